The van der Waals surface area contributed by atoms with E-state index >= 15 is 0 Å². The molecule has 0 aromatic heterocycles. The lowest BCUT2D eigenvalue weighted by Gasteiger charge is -2.17. The number of aliphatic carboxylic acids is 1. The first-order chi connectivity index (χ1) is 25.6. The number of carboxylic acid groups (broad SMARTS) is 1. The third-order valence-electron chi connectivity index (χ3n) is 11.3. The summed E-state index contributed by atoms with van der Waals surface area (Å²) in [6, 6.07) is 0. The van der Waals surface area contributed by atoms with Crippen molar-refractivity contribution in [2.45, 2.75) is 296 Å². The molecule has 0 radical (unpaired) electrons. The van der Waals surface area contributed by atoms with E-state index in [-0.39, 0.29) is 18.5 Å². The monoisotopic (exact) mass is 735 g/mol. The molecule has 1 unspecified atom stereocenters. The van der Waals surface area contributed by atoms with E-state index in [1.165, 1.54) is 225 Å². The molecule has 4 heteroatoms. The summed E-state index contributed by atoms with van der Waals surface area (Å²) in [7, 11) is 0. The average molecular weight is 735 g/mol. The van der Waals surface area contributed by atoms with Gasteiger partial charge < -0.3 is 9.84 Å². The first-order valence-electron chi connectivity index (χ1n) is 24.0. The second-order valence-corrected chi connectivity index (χ2v) is 16.7. The molecule has 0 bridgehead atoms. The second-order valence-electron chi connectivity index (χ2n) is 16.7. The number of hydrogen-bond donors (Lipinski definition) is 1. The molecular weight excluding hydrogens is 641 g/mol. The highest BCUT2D eigenvalue weighted by Crippen LogP contribution is 2.19. The van der Waals surface area contributed by atoms with Crippen molar-refractivity contribution < 1.29 is 19.4 Å². The maximum Gasteiger partial charge on any atom is 0.306 e. The summed E-state index contributed by atoms with van der Waals surface area (Å²) in [6.45, 7) is 4.58. The predicted molar refractivity (Wildman–Crippen MR) is 227 cm³/mol. The van der Waals surface area contributed by atoms with Crippen LogP contribution in [-0.4, -0.2) is 23.1 Å². The fraction of sp³-hybridized carbons (Fsp3) is 0.958. The van der Waals surface area contributed by atoms with Gasteiger partial charge in [0.2, 0.25) is 0 Å². The molecule has 0 saturated carbocycles. The number of carbonyl (C=O) groups is 2. The van der Waals surface area contributed by atoms with Crippen LogP contribution in [0.3, 0.4) is 0 Å². The van der Waals surface area contributed by atoms with Crippen molar-refractivity contribution >= 4 is 11.9 Å². The molecule has 0 rings (SSSR count). The van der Waals surface area contributed by atoms with E-state index < -0.39 is 5.97 Å². The van der Waals surface area contributed by atoms with Gasteiger partial charge in [0.1, 0.15) is 6.10 Å². The predicted octanol–water partition coefficient (Wildman–Crippen LogP) is 16.8. The summed E-state index contributed by atoms with van der Waals surface area (Å²) in [5, 5.41) is 9.17. The highest BCUT2D eigenvalue weighted by atomic mass is 16.5. The number of carbonyl (C=O) groups excluding carboxylic acids is 1. The van der Waals surface area contributed by atoms with Crippen LogP contribution in [0.2, 0.25) is 0 Å². The van der Waals surface area contributed by atoms with Crippen LogP contribution < -0.4 is 0 Å². The first-order valence-corrected chi connectivity index (χ1v) is 24.0. The van der Waals surface area contributed by atoms with E-state index in [9.17, 15) is 14.7 Å². The van der Waals surface area contributed by atoms with Crippen molar-refractivity contribution in [1.29, 1.82) is 0 Å². The molecule has 0 heterocycles. The van der Waals surface area contributed by atoms with E-state index in [2.05, 4.69) is 13.8 Å². The summed E-state index contributed by atoms with van der Waals surface area (Å²) in [5.41, 5.74) is 0. The van der Waals surface area contributed by atoms with E-state index in [4.69, 9.17) is 4.74 Å². The number of esters is 1. The van der Waals surface area contributed by atoms with Crippen LogP contribution in [-0.2, 0) is 14.3 Å². The van der Waals surface area contributed by atoms with Crippen LogP contribution in [0.25, 0.3) is 0 Å². The normalized spacial score (nSPS) is 12.0. The Morgan fingerprint density at radius 3 is 0.865 bits per heavy atom. The van der Waals surface area contributed by atoms with Crippen molar-refractivity contribution in [3.63, 3.8) is 0 Å². The Hall–Kier alpha value is -1.06. The molecule has 0 aliphatic carbocycles. The minimum Gasteiger partial charge on any atom is -0.481 e. The van der Waals surface area contributed by atoms with Gasteiger partial charge >= 0.3 is 11.9 Å². The molecule has 0 aliphatic rings. The molecule has 1 N–H and O–H groups in total. The molecule has 52 heavy (non-hydrogen) atoms. The largest absolute Gasteiger partial charge is 0.481 e. The lowest BCUT2D eigenvalue weighted by molar-refractivity contribution is -0.151. The van der Waals surface area contributed by atoms with Crippen LogP contribution >= 0.6 is 0 Å². The number of ether oxygens (including phenoxy) is 1. The SMILES string of the molecule is CCCCCCCCCCCCCCCCCCCCCCCC(=O)OC(CCCCCCCCCCCCCCCCCCCC)CCC(=O)O. The smallest absolute Gasteiger partial charge is 0.306 e. The molecule has 4 nitrogen and oxygen atoms in total. The topological polar surface area (TPSA) is 63.6 Å². The second kappa shape index (κ2) is 44.3. The molecule has 1 atom stereocenters. The molecule has 0 saturated heterocycles. The van der Waals surface area contributed by atoms with Gasteiger partial charge in [-0.15, -0.1) is 0 Å². The fourth-order valence-corrected chi connectivity index (χ4v) is 7.77. The number of carboxylic acids is 1. The van der Waals surface area contributed by atoms with Gasteiger partial charge in [-0.2, -0.15) is 0 Å². The highest BCUT2D eigenvalue weighted by Gasteiger charge is 2.16. The zero-order valence-electron chi connectivity index (χ0n) is 35.7. The Balaban J connectivity index is 3.60. The Bertz CT molecular complexity index is 706. The summed E-state index contributed by atoms with van der Waals surface area (Å²) in [6.07, 6.45) is 54.4. The maximum absolute atomic E-state index is 12.5. The molecular formula is C48H94O4. The van der Waals surface area contributed by atoms with Crippen molar-refractivity contribution in [3.8, 4) is 0 Å². The van der Waals surface area contributed by atoms with E-state index in [1.54, 1.807) is 0 Å². The van der Waals surface area contributed by atoms with Gasteiger partial charge in [0.05, 0.1) is 0 Å². The van der Waals surface area contributed by atoms with Crippen LogP contribution in [0.15, 0.2) is 0 Å². The van der Waals surface area contributed by atoms with Gasteiger partial charge in [0.25, 0.3) is 0 Å². The van der Waals surface area contributed by atoms with Crippen LogP contribution in [0.4, 0.5) is 0 Å². The minimum atomic E-state index is -0.803. The van der Waals surface area contributed by atoms with Gasteiger partial charge in [-0.1, -0.05) is 251 Å². The summed E-state index contributed by atoms with van der Waals surface area (Å²) < 4.78 is 5.78. The van der Waals surface area contributed by atoms with Crippen LogP contribution in [0.1, 0.15) is 290 Å². The molecule has 0 fully saturated rings. The first kappa shape index (κ1) is 50.9. The lowest BCUT2D eigenvalue weighted by atomic mass is 10.0. The van der Waals surface area contributed by atoms with Gasteiger partial charge in [0, 0.05) is 12.8 Å². The zero-order chi connectivity index (χ0) is 37.8. The third kappa shape index (κ3) is 43.3. The Kier molecular flexibility index (Phi) is 43.4. The molecule has 0 aliphatic heterocycles. The Morgan fingerprint density at radius 2 is 0.596 bits per heavy atom. The molecule has 0 spiro atoms. The van der Waals surface area contributed by atoms with E-state index in [0.29, 0.717) is 12.8 Å². The summed E-state index contributed by atoms with van der Waals surface area (Å²) >= 11 is 0. The van der Waals surface area contributed by atoms with Crippen LogP contribution in [0, 0.1) is 0 Å². The number of unbranched alkanes of at least 4 members (excludes halogenated alkanes) is 37. The van der Waals surface area contributed by atoms with Crippen molar-refractivity contribution in [2.24, 2.45) is 0 Å². The number of rotatable bonds is 45. The van der Waals surface area contributed by atoms with Crippen LogP contribution in [0.5, 0.6) is 0 Å². The Morgan fingerprint density at radius 1 is 0.346 bits per heavy atom. The molecule has 310 valence electrons. The van der Waals surface area contributed by atoms with Gasteiger partial charge in [-0.3, -0.25) is 9.59 Å². The maximum atomic E-state index is 12.5. The molecule has 0 amide bonds. The standard InChI is InChI=1S/C48H94O4/c1-3-5-7-9-11-13-15-17-19-21-23-24-25-27-29-31-33-35-37-39-41-43-48(51)52-46(44-45-47(49)50)42-40-38-36-34-32-30-28-26-22-20-18-16-14-12-10-8-6-4-2/h46H,3-45H2,1-2H3,(H,49,50). The quantitative estimate of drug-likeness (QED) is 0.0500. The average Bonchev–Trinajstić information content (AvgIpc) is 3.13. The lowest BCUT2D eigenvalue weighted by Crippen LogP contribution is -2.19. The third-order valence-corrected chi connectivity index (χ3v) is 11.3. The molecule has 0 aromatic carbocycles. The van der Waals surface area contributed by atoms with Crippen molar-refractivity contribution in [3.05, 3.63) is 0 Å². The fourth-order valence-electron chi connectivity index (χ4n) is 7.77. The highest BCUT2D eigenvalue weighted by molar-refractivity contribution is 5.69. The number of hydrogen-bond acceptors (Lipinski definition) is 3. The van der Waals surface area contributed by atoms with Gasteiger partial charge in [0.15, 0.2) is 0 Å². The zero-order valence-corrected chi connectivity index (χ0v) is 35.7. The van der Waals surface area contributed by atoms with Gasteiger partial charge in [-0.25, -0.2) is 0 Å². The van der Waals surface area contributed by atoms with E-state index in [0.717, 1.165) is 32.1 Å². The molecule has 0 aromatic rings. The summed E-state index contributed by atoms with van der Waals surface area (Å²) in [4.78, 5) is 23.7. The van der Waals surface area contributed by atoms with E-state index in [1.807, 2.05) is 0 Å². The summed E-state index contributed by atoms with van der Waals surface area (Å²) in [5.74, 6) is -0.932. The van der Waals surface area contributed by atoms with Crippen molar-refractivity contribution in [2.75, 3.05) is 0 Å². The van der Waals surface area contributed by atoms with Gasteiger partial charge in [-0.05, 0) is 25.7 Å². The minimum absolute atomic E-state index is 0.0797. The van der Waals surface area contributed by atoms with Crippen molar-refractivity contribution in [1.82, 2.24) is 0 Å². The Labute approximate surface area is 326 Å².